The van der Waals surface area contributed by atoms with E-state index in [4.69, 9.17) is 19.9 Å². The molecule has 5 rings (SSSR count). The number of anilines is 1. The van der Waals surface area contributed by atoms with Gasteiger partial charge in [0.15, 0.2) is 24.2 Å². The lowest BCUT2D eigenvalue weighted by Gasteiger charge is -2.19. The summed E-state index contributed by atoms with van der Waals surface area (Å²) in [5.74, 6) is -1.17. The second-order valence-electron chi connectivity index (χ2n) is 7.90. The van der Waals surface area contributed by atoms with Crippen molar-refractivity contribution in [1.29, 1.82) is 0 Å². The summed E-state index contributed by atoms with van der Waals surface area (Å²) in [4.78, 5) is 33.3. The van der Waals surface area contributed by atoms with Gasteiger partial charge in [-0.1, -0.05) is 36.4 Å². The van der Waals surface area contributed by atoms with Crippen LogP contribution in [0.2, 0.25) is 0 Å². The minimum Gasteiger partial charge on any atom is -0.459 e. The van der Waals surface area contributed by atoms with Gasteiger partial charge in [0, 0.05) is 0 Å². The largest absolute Gasteiger partial charge is 0.459 e. The minimum atomic E-state index is -1.85. The van der Waals surface area contributed by atoms with Gasteiger partial charge in [-0.05, 0) is 46.9 Å². The Kier molecular flexibility index (Phi) is 6.78. The Morgan fingerprint density at radius 1 is 1.03 bits per heavy atom. The number of fused-ring (bicyclic) bond motifs is 1. The van der Waals surface area contributed by atoms with E-state index in [1.165, 1.54) is 11.0 Å². The molecule has 2 aromatic heterocycles. The van der Waals surface area contributed by atoms with Gasteiger partial charge in [0.1, 0.15) is 28.6 Å². The number of benzene rings is 2. The summed E-state index contributed by atoms with van der Waals surface area (Å²) in [6.07, 6.45) is -4.43. The number of nitrogens with zero attached hydrogens (tertiary/aromatic N) is 4. The number of nitrogen functional groups attached to an aromatic ring is 1. The number of hydrogen-bond acceptors (Lipinski definition) is 9. The Bertz CT molecular complexity index is 1400. The van der Waals surface area contributed by atoms with Crippen LogP contribution in [0.4, 0.5) is 10.2 Å². The zero-order valence-electron chi connectivity index (χ0n) is 18.5. The maximum atomic E-state index is 15.9. The standard InChI is InChI=1S/C24H19FIN5O5/c25-17-18(36-24(33)14-9-5-2-6-10-14)15(11-34-23(32)13-7-3-1-4-8-13)35-22(17)31-21-16(19(26)30-31)20(27)28-12-29-21/h1-10,12,15,17-18,22H,11H2,(H2,27,28,29)/t15-,17+,18-,22-/m1/s1. The summed E-state index contributed by atoms with van der Waals surface area (Å²) in [5, 5.41) is 4.79. The number of carbonyl (C=O) groups is 2. The SMILES string of the molecule is Nc1ncnc2c1c(I)nn2[C@@H]1O[C@H](COC(=O)c2ccccc2)[C@@H](OC(=O)c2ccccc2)[C@@H]1F. The zero-order valence-corrected chi connectivity index (χ0v) is 20.7. The van der Waals surface area contributed by atoms with Crippen LogP contribution >= 0.6 is 22.6 Å². The molecule has 1 aliphatic heterocycles. The van der Waals surface area contributed by atoms with Gasteiger partial charge < -0.3 is 19.9 Å². The zero-order chi connectivity index (χ0) is 25.2. The number of hydrogen-bond donors (Lipinski definition) is 1. The number of halogens is 2. The molecule has 4 atom stereocenters. The molecule has 184 valence electrons. The van der Waals surface area contributed by atoms with Gasteiger partial charge in [-0.15, -0.1) is 0 Å². The molecule has 1 aliphatic rings. The molecule has 0 unspecified atom stereocenters. The van der Waals surface area contributed by atoms with Crippen LogP contribution in [-0.4, -0.2) is 56.7 Å². The van der Waals surface area contributed by atoms with Crippen molar-refractivity contribution >= 4 is 51.4 Å². The van der Waals surface area contributed by atoms with E-state index in [2.05, 4.69) is 15.1 Å². The molecule has 12 heteroatoms. The summed E-state index contributed by atoms with van der Waals surface area (Å²) in [5.41, 5.74) is 6.78. The molecule has 3 heterocycles. The van der Waals surface area contributed by atoms with E-state index < -0.39 is 36.5 Å². The highest BCUT2D eigenvalue weighted by Gasteiger charge is 2.50. The molecule has 0 amide bonds. The lowest BCUT2D eigenvalue weighted by Crippen LogP contribution is -2.37. The average molecular weight is 603 g/mol. The molecule has 0 radical (unpaired) electrons. The second-order valence-corrected chi connectivity index (χ2v) is 8.92. The van der Waals surface area contributed by atoms with Crippen molar-refractivity contribution in [2.45, 2.75) is 24.6 Å². The topological polar surface area (TPSA) is 131 Å². The molecule has 2 aromatic carbocycles. The summed E-state index contributed by atoms with van der Waals surface area (Å²) < 4.78 is 34.4. The minimum absolute atomic E-state index is 0.185. The molecule has 10 nitrogen and oxygen atoms in total. The third kappa shape index (κ3) is 4.60. The van der Waals surface area contributed by atoms with E-state index in [0.29, 0.717) is 14.7 Å². The van der Waals surface area contributed by atoms with Crippen LogP contribution in [0.5, 0.6) is 0 Å². The van der Waals surface area contributed by atoms with Crippen LogP contribution in [0.1, 0.15) is 26.9 Å². The average Bonchev–Trinajstić information content (AvgIpc) is 3.40. The molecule has 36 heavy (non-hydrogen) atoms. The first-order chi connectivity index (χ1) is 17.4. The number of esters is 2. The number of carbonyl (C=O) groups excluding carboxylic acids is 2. The van der Waals surface area contributed by atoms with Crippen molar-refractivity contribution in [3.05, 3.63) is 81.8 Å². The molecule has 1 fully saturated rings. The number of alkyl halides is 1. The fraction of sp³-hybridized carbons (Fsp3) is 0.208. The third-order valence-electron chi connectivity index (χ3n) is 5.62. The van der Waals surface area contributed by atoms with Gasteiger partial charge in [-0.25, -0.2) is 28.6 Å². The lowest BCUT2D eigenvalue weighted by molar-refractivity contribution is -0.0602. The number of aromatic nitrogens is 4. The van der Waals surface area contributed by atoms with Gasteiger partial charge in [0.25, 0.3) is 0 Å². The number of nitrogens with two attached hydrogens (primary N) is 1. The predicted molar refractivity (Wildman–Crippen MR) is 134 cm³/mol. The highest BCUT2D eigenvalue weighted by atomic mass is 127. The van der Waals surface area contributed by atoms with Gasteiger partial charge in [0.2, 0.25) is 0 Å². The first kappa shape index (κ1) is 24.1. The lowest BCUT2D eigenvalue weighted by atomic mass is 10.1. The van der Waals surface area contributed by atoms with Crippen molar-refractivity contribution in [1.82, 2.24) is 19.7 Å². The normalized spacial score (nSPS) is 21.4. The Labute approximate surface area is 217 Å². The molecule has 1 saturated heterocycles. The number of rotatable bonds is 6. The monoisotopic (exact) mass is 603 g/mol. The third-order valence-corrected chi connectivity index (χ3v) is 6.38. The summed E-state index contributed by atoms with van der Waals surface area (Å²) in [6, 6.07) is 16.5. The number of ether oxygens (including phenoxy) is 3. The Morgan fingerprint density at radius 3 is 2.33 bits per heavy atom. The molecular formula is C24H19FIN5O5. The van der Waals surface area contributed by atoms with Crippen LogP contribution in [0.15, 0.2) is 67.0 Å². The summed E-state index contributed by atoms with van der Waals surface area (Å²) in [7, 11) is 0. The van der Waals surface area contributed by atoms with Gasteiger partial charge >= 0.3 is 11.9 Å². The van der Waals surface area contributed by atoms with Gasteiger partial charge in [-0.3, -0.25) is 0 Å². The molecule has 0 saturated carbocycles. The Hall–Kier alpha value is -3.65. The van der Waals surface area contributed by atoms with E-state index in [1.807, 2.05) is 22.6 Å². The maximum absolute atomic E-state index is 15.9. The summed E-state index contributed by atoms with van der Waals surface area (Å²) in [6.45, 7) is -0.356. The molecule has 0 bridgehead atoms. The fourth-order valence-corrected chi connectivity index (χ4v) is 4.63. The van der Waals surface area contributed by atoms with E-state index in [1.54, 1.807) is 60.7 Å². The molecule has 0 spiro atoms. The van der Waals surface area contributed by atoms with Crippen LogP contribution in [-0.2, 0) is 14.2 Å². The Balaban J connectivity index is 1.43. The van der Waals surface area contributed by atoms with Crippen LogP contribution in [0, 0.1) is 3.70 Å². The Morgan fingerprint density at radius 2 is 1.67 bits per heavy atom. The smallest absolute Gasteiger partial charge is 0.338 e. The fourth-order valence-electron chi connectivity index (χ4n) is 3.88. The van der Waals surface area contributed by atoms with Gasteiger partial charge in [0.05, 0.1) is 16.5 Å². The van der Waals surface area contributed by atoms with Crippen LogP contribution in [0.3, 0.4) is 0 Å². The molecular weight excluding hydrogens is 584 g/mol. The van der Waals surface area contributed by atoms with Crippen LogP contribution < -0.4 is 5.73 Å². The first-order valence-corrected chi connectivity index (χ1v) is 11.9. The van der Waals surface area contributed by atoms with E-state index >= 15 is 4.39 Å². The summed E-state index contributed by atoms with van der Waals surface area (Å²) >= 11 is 1.94. The van der Waals surface area contributed by atoms with E-state index in [-0.39, 0.29) is 23.6 Å². The second kappa shape index (κ2) is 10.1. The van der Waals surface area contributed by atoms with E-state index in [0.717, 1.165) is 0 Å². The van der Waals surface area contributed by atoms with Crippen molar-refractivity contribution < 1.29 is 28.2 Å². The van der Waals surface area contributed by atoms with Crippen molar-refractivity contribution in [2.75, 3.05) is 12.3 Å². The molecule has 4 aromatic rings. The van der Waals surface area contributed by atoms with Gasteiger partial charge in [-0.2, -0.15) is 5.10 Å². The van der Waals surface area contributed by atoms with Crippen molar-refractivity contribution in [3.8, 4) is 0 Å². The van der Waals surface area contributed by atoms with Crippen LogP contribution in [0.25, 0.3) is 11.0 Å². The maximum Gasteiger partial charge on any atom is 0.338 e. The molecule has 2 N–H and O–H groups in total. The van der Waals surface area contributed by atoms with E-state index in [9.17, 15) is 9.59 Å². The highest BCUT2D eigenvalue weighted by molar-refractivity contribution is 14.1. The highest BCUT2D eigenvalue weighted by Crippen LogP contribution is 2.37. The first-order valence-electron chi connectivity index (χ1n) is 10.9. The van der Waals surface area contributed by atoms with Crippen molar-refractivity contribution in [3.63, 3.8) is 0 Å². The van der Waals surface area contributed by atoms with Crippen molar-refractivity contribution in [2.24, 2.45) is 0 Å². The predicted octanol–water partition coefficient (Wildman–Crippen LogP) is 3.33. The quantitative estimate of drug-likeness (QED) is 0.261. The molecule has 0 aliphatic carbocycles.